The fourth-order valence-electron chi connectivity index (χ4n) is 3.10. The number of aliphatic hydroxyl groups excluding tert-OH is 1. The van der Waals surface area contributed by atoms with Crippen LogP contribution in [0.15, 0.2) is 60.9 Å². The molecule has 4 nitrogen and oxygen atoms in total. The molecule has 2 aromatic carbocycles. The lowest BCUT2D eigenvalue weighted by Crippen LogP contribution is -1.97. The van der Waals surface area contributed by atoms with Crippen LogP contribution in [0.25, 0.3) is 33.5 Å². The number of fused-ring (bicyclic) bond motifs is 1. The Morgan fingerprint density at radius 2 is 1.89 bits per heavy atom. The zero-order valence-electron chi connectivity index (χ0n) is 14.9. The van der Waals surface area contributed by atoms with Gasteiger partial charge in [-0.15, -0.1) is 0 Å². The summed E-state index contributed by atoms with van der Waals surface area (Å²) in [6.07, 6.45) is 4.83. The van der Waals surface area contributed by atoms with Gasteiger partial charge < -0.3 is 5.11 Å². The van der Waals surface area contributed by atoms with Crippen molar-refractivity contribution >= 4 is 22.5 Å². The molecule has 0 unspecified atom stereocenters. The highest BCUT2D eigenvalue weighted by Gasteiger charge is 2.14. The van der Waals surface area contributed by atoms with Gasteiger partial charge >= 0.3 is 0 Å². The summed E-state index contributed by atoms with van der Waals surface area (Å²) in [5.74, 6) is 0.0686. The molecular formula is C22H17ClFN3O. The van der Waals surface area contributed by atoms with E-state index in [0.717, 1.165) is 28.5 Å². The van der Waals surface area contributed by atoms with Crippen molar-refractivity contribution in [3.63, 3.8) is 0 Å². The second-order valence-electron chi connectivity index (χ2n) is 6.45. The maximum Gasteiger partial charge on any atom is 0.161 e. The molecule has 0 aliphatic heterocycles. The number of pyridine rings is 1. The molecule has 2 heterocycles. The van der Waals surface area contributed by atoms with Crippen molar-refractivity contribution in [2.75, 3.05) is 6.61 Å². The molecule has 0 spiro atoms. The van der Waals surface area contributed by atoms with Crippen LogP contribution < -0.4 is 0 Å². The Morgan fingerprint density at radius 3 is 2.64 bits per heavy atom. The van der Waals surface area contributed by atoms with Crippen molar-refractivity contribution < 1.29 is 9.50 Å². The lowest BCUT2D eigenvalue weighted by molar-refractivity contribution is 0.288. The molecular weight excluding hydrogens is 377 g/mol. The first-order chi connectivity index (χ1) is 13.7. The molecule has 1 N–H and O–H groups in total. The van der Waals surface area contributed by atoms with Crippen LogP contribution in [-0.2, 0) is 6.42 Å². The van der Waals surface area contributed by atoms with E-state index in [4.69, 9.17) is 21.7 Å². The molecule has 0 aliphatic rings. The monoisotopic (exact) mass is 393 g/mol. The summed E-state index contributed by atoms with van der Waals surface area (Å²) in [6, 6.07) is 14.3. The Labute approximate surface area is 166 Å². The number of benzene rings is 2. The van der Waals surface area contributed by atoms with Crippen molar-refractivity contribution in [2.45, 2.75) is 12.8 Å². The number of nitrogens with zero attached hydrogens (tertiary/aromatic N) is 3. The van der Waals surface area contributed by atoms with Crippen LogP contribution in [0.4, 0.5) is 4.39 Å². The Kier molecular flexibility index (Phi) is 5.28. The van der Waals surface area contributed by atoms with E-state index in [1.54, 1.807) is 24.5 Å². The largest absolute Gasteiger partial charge is 0.396 e. The number of hydrogen-bond acceptors (Lipinski definition) is 4. The predicted molar refractivity (Wildman–Crippen MR) is 109 cm³/mol. The smallest absolute Gasteiger partial charge is 0.161 e. The molecule has 2 aromatic heterocycles. The minimum absolute atomic E-state index is 0.0450. The zero-order chi connectivity index (χ0) is 19.5. The molecule has 0 bridgehead atoms. The third kappa shape index (κ3) is 3.72. The van der Waals surface area contributed by atoms with Gasteiger partial charge in [-0.2, -0.15) is 0 Å². The Morgan fingerprint density at radius 1 is 1.00 bits per heavy atom. The van der Waals surface area contributed by atoms with Gasteiger partial charge in [-0.05, 0) is 60.9 Å². The van der Waals surface area contributed by atoms with Crippen LogP contribution in [0.3, 0.4) is 0 Å². The lowest BCUT2D eigenvalue weighted by atomic mass is 10.0. The first-order valence-corrected chi connectivity index (χ1v) is 9.31. The highest BCUT2D eigenvalue weighted by molar-refractivity contribution is 6.31. The number of rotatable bonds is 5. The summed E-state index contributed by atoms with van der Waals surface area (Å²) in [5, 5.41) is 10.0. The van der Waals surface area contributed by atoms with E-state index in [1.807, 2.05) is 30.3 Å². The first kappa shape index (κ1) is 18.5. The molecule has 28 heavy (non-hydrogen) atoms. The van der Waals surface area contributed by atoms with Crippen molar-refractivity contribution in [1.82, 2.24) is 15.0 Å². The quantitative estimate of drug-likeness (QED) is 0.514. The predicted octanol–water partition coefficient (Wildman–Crippen LogP) is 5.08. The number of aliphatic hydroxyl groups is 1. The minimum Gasteiger partial charge on any atom is -0.396 e. The summed E-state index contributed by atoms with van der Waals surface area (Å²) >= 11 is 6.02. The molecule has 6 heteroatoms. The average molecular weight is 394 g/mol. The summed E-state index contributed by atoms with van der Waals surface area (Å²) in [5.41, 5.74) is 4.04. The Balaban J connectivity index is 1.94. The van der Waals surface area contributed by atoms with Gasteiger partial charge in [0.25, 0.3) is 0 Å². The van der Waals surface area contributed by atoms with Gasteiger partial charge in [0, 0.05) is 35.5 Å². The number of aromatic nitrogens is 3. The minimum atomic E-state index is -0.472. The number of halogens is 2. The molecule has 0 saturated heterocycles. The maximum atomic E-state index is 13.7. The molecule has 0 fully saturated rings. The topological polar surface area (TPSA) is 58.9 Å². The molecule has 0 amide bonds. The van der Waals surface area contributed by atoms with Gasteiger partial charge in [0.2, 0.25) is 0 Å². The standard InChI is InChI=1S/C22H17ClFN3O/c23-18-12-15(6-7-19(18)24)21-17-11-14(3-2-10-28)5-8-20(17)26-22(27-21)16-4-1-9-25-13-16/h1,4-9,11-13,28H,2-3,10H2. The van der Waals surface area contributed by atoms with Crippen LogP contribution in [0.2, 0.25) is 5.02 Å². The zero-order valence-corrected chi connectivity index (χ0v) is 15.7. The van der Waals surface area contributed by atoms with Crippen LogP contribution in [-0.4, -0.2) is 26.7 Å². The Hall–Kier alpha value is -2.89. The summed E-state index contributed by atoms with van der Waals surface area (Å²) in [6.45, 7) is 0.134. The normalized spacial score (nSPS) is 11.1. The van der Waals surface area contributed by atoms with Crippen molar-refractivity contribution in [3.05, 3.63) is 77.3 Å². The number of hydrogen-bond donors (Lipinski definition) is 1. The summed E-state index contributed by atoms with van der Waals surface area (Å²) in [4.78, 5) is 13.6. The van der Waals surface area contributed by atoms with E-state index in [1.165, 1.54) is 6.07 Å². The van der Waals surface area contributed by atoms with E-state index >= 15 is 0 Å². The van der Waals surface area contributed by atoms with Gasteiger partial charge in [0.05, 0.1) is 16.2 Å². The second-order valence-corrected chi connectivity index (χ2v) is 6.85. The van der Waals surface area contributed by atoms with Crippen LogP contribution in [0, 0.1) is 5.82 Å². The highest BCUT2D eigenvalue weighted by atomic mass is 35.5. The number of aryl methyl sites for hydroxylation is 1. The molecule has 0 aliphatic carbocycles. The van der Waals surface area contributed by atoms with E-state index in [-0.39, 0.29) is 11.6 Å². The Bertz CT molecular complexity index is 1140. The lowest BCUT2D eigenvalue weighted by Gasteiger charge is -2.11. The SMILES string of the molecule is OCCCc1ccc2nc(-c3cccnc3)nc(-c3ccc(F)c(Cl)c3)c2c1. The van der Waals surface area contributed by atoms with Crippen molar-refractivity contribution in [3.8, 4) is 22.6 Å². The fourth-order valence-corrected chi connectivity index (χ4v) is 3.28. The third-order valence-corrected chi connectivity index (χ3v) is 4.79. The maximum absolute atomic E-state index is 13.7. The van der Waals surface area contributed by atoms with Crippen molar-refractivity contribution in [2.24, 2.45) is 0 Å². The van der Waals surface area contributed by atoms with E-state index < -0.39 is 5.82 Å². The summed E-state index contributed by atoms with van der Waals surface area (Å²) < 4.78 is 13.7. The van der Waals surface area contributed by atoms with Crippen LogP contribution in [0.5, 0.6) is 0 Å². The molecule has 0 saturated carbocycles. The van der Waals surface area contributed by atoms with Gasteiger partial charge in [0.15, 0.2) is 5.82 Å². The molecule has 4 aromatic rings. The molecule has 0 atom stereocenters. The molecule has 0 radical (unpaired) electrons. The van der Waals surface area contributed by atoms with Gasteiger partial charge in [-0.1, -0.05) is 17.7 Å². The highest BCUT2D eigenvalue weighted by Crippen LogP contribution is 2.32. The van der Waals surface area contributed by atoms with E-state index in [0.29, 0.717) is 23.5 Å². The van der Waals surface area contributed by atoms with E-state index in [9.17, 15) is 4.39 Å². The first-order valence-electron chi connectivity index (χ1n) is 8.93. The summed E-state index contributed by atoms with van der Waals surface area (Å²) in [7, 11) is 0. The van der Waals surface area contributed by atoms with Gasteiger partial charge in [-0.3, -0.25) is 4.98 Å². The fraction of sp³-hybridized carbons (Fsp3) is 0.136. The van der Waals surface area contributed by atoms with Crippen LogP contribution in [0.1, 0.15) is 12.0 Å². The average Bonchev–Trinajstić information content (AvgIpc) is 2.74. The third-order valence-electron chi connectivity index (χ3n) is 4.50. The molecule has 140 valence electrons. The second kappa shape index (κ2) is 8.00. The van der Waals surface area contributed by atoms with E-state index in [2.05, 4.69) is 9.97 Å². The molecule has 4 rings (SSSR count). The van der Waals surface area contributed by atoms with Gasteiger partial charge in [-0.25, -0.2) is 14.4 Å². The van der Waals surface area contributed by atoms with Crippen LogP contribution >= 0.6 is 11.6 Å². The van der Waals surface area contributed by atoms with Gasteiger partial charge in [0.1, 0.15) is 5.82 Å². The van der Waals surface area contributed by atoms with Crippen molar-refractivity contribution in [1.29, 1.82) is 0 Å².